The predicted molar refractivity (Wildman–Crippen MR) is 93.8 cm³/mol. The standard InChI is InChI=1S/C19H23N3O3/c1-14-18(19(20)23)22(9-10-24-14)12-15-5-4-7-17(11-15)25-13-16-6-2-3-8-21-16/h2-8,11,14,18H,9-10,12-13H2,1H3,(H2,20,23)/t14-,18+/m1/s1. The van der Waals surface area contributed by atoms with Crippen molar-refractivity contribution in [1.82, 2.24) is 9.88 Å². The fraction of sp³-hybridized carbons (Fsp3) is 0.368. The summed E-state index contributed by atoms with van der Waals surface area (Å²) in [5, 5.41) is 0. The van der Waals surface area contributed by atoms with E-state index in [2.05, 4.69) is 9.88 Å². The lowest BCUT2D eigenvalue weighted by Gasteiger charge is -2.37. The third-order valence-electron chi connectivity index (χ3n) is 4.29. The first kappa shape index (κ1) is 17.4. The number of hydrogen-bond acceptors (Lipinski definition) is 5. The van der Waals surface area contributed by atoms with E-state index in [-0.39, 0.29) is 12.0 Å². The molecule has 2 N–H and O–H groups in total. The van der Waals surface area contributed by atoms with E-state index in [1.807, 2.05) is 49.4 Å². The highest BCUT2D eigenvalue weighted by atomic mass is 16.5. The minimum atomic E-state index is -0.410. The zero-order chi connectivity index (χ0) is 17.6. The number of nitrogens with zero attached hydrogens (tertiary/aromatic N) is 2. The number of morpholine rings is 1. The summed E-state index contributed by atoms with van der Waals surface area (Å²) in [6.07, 6.45) is 1.55. The molecule has 25 heavy (non-hydrogen) atoms. The molecule has 1 aliphatic heterocycles. The van der Waals surface area contributed by atoms with Gasteiger partial charge in [0, 0.05) is 19.3 Å². The SMILES string of the molecule is C[C@H]1OCCN(Cc2cccc(OCc3ccccn3)c2)[C@@H]1C(N)=O. The Morgan fingerprint density at radius 1 is 1.36 bits per heavy atom. The summed E-state index contributed by atoms with van der Waals surface area (Å²) in [5.41, 5.74) is 7.50. The predicted octanol–water partition coefficient (Wildman–Crippen LogP) is 1.74. The fourth-order valence-corrected chi connectivity index (χ4v) is 3.08. The van der Waals surface area contributed by atoms with Crippen LogP contribution in [0, 0.1) is 0 Å². The van der Waals surface area contributed by atoms with Crippen molar-refractivity contribution >= 4 is 5.91 Å². The average molecular weight is 341 g/mol. The van der Waals surface area contributed by atoms with E-state index in [9.17, 15) is 4.79 Å². The van der Waals surface area contributed by atoms with E-state index in [0.29, 0.717) is 26.3 Å². The number of carbonyl (C=O) groups excluding carboxylic acids is 1. The van der Waals surface area contributed by atoms with Crippen LogP contribution < -0.4 is 10.5 Å². The molecule has 2 atom stereocenters. The van der Waals surface area contributed by atoms with E-state index >= 15 is 0 Å². The second-order valence-corrected chi connectivity index (χ2v) is 6.15. The maximum absolute atomic E-state index is 11.8. The summed E-state index contributed by atoms with van der Waals surface area (Å²) >= 11 is 0. The number of hydrogen-bond donors (Lipinski definition) is 1. The van der Waals surface area contributed by atoms with Gasteiger partial charge in [-0.05, 0) is 36.8 Å². The molecule has 0 spiro atoms. The second kappa shape index (κ2) is 8.09. The quantitative estimate of drug-likeness (QED) is 0.866. The van der Waals surface area contributed by atoms with E-state index < -0.39 is 6.04 Å². The Morgan fingerprint density at radius 2 is 2.24 bits per heavy atom. The Morgan fingerprint density at radius 3 is 3.00 bits per heavy atom. The second-order valence-electron chi connectivity index (χ2n) is 6.15. The van der Waals surface area contributed by atoms with Crippen molar-refractivity contribution in [3.05, 3.63) is 59.9 Å². The molecule has 0 radical (unpaired) electrons. The minimum Gasteiger partial charge on any atom is -0.487 e. The van der Waals surface area contributed by atoms with Crippen LogP contribution in [-0.4, -0.2) is 41.1 Å². The Hall–Kier alpha value is -2.44. The number of benzene rings is 1. The van der Waals surface area contributed by atoms with E-state index in [4.69, 9.17) is 15.2 Å². The average Bonchev–Trinajstić information content (AvgIpc) is 2.61. The van der Waals surface area contributed by atoms with Crippen molar-refractivity contribution in [2.24, 2.45) is 5.73 Å². The Bertz CT molecular complexity index is 708. The molecule has 3 rings (SSSR count). The van der Waals surface area contributed by atoms with Gasteiger partial charge in [0.05, 0.1) is 18.4 Å². The van der Waals surface area contributed by atoms with Gasteiger partial charge in [-0.25, -0.2) is 0 Å². The third kappa shape index (κ3) is 4.55. The fourth-order valence-electron chi connectivity index (χ4n) is 3.08. The lowest BCUT2D eigenvalue weighted by Crippen LogP contribution is -2.56. The highest BCUT2D eigenvalue weighted by Crippen LogP contribution is 2.20. The molecule has 1 aromatic carbocycles. The van der Waals surface area contributed by atoms with Crippen LogP contribution in [0.3, 0.4) is 0 Å². The maximum atomic E-state index is 11.8. The van der Waals surface area contributed by atoms with Crippen LogP contribution in [-0.2, 0) is 22.7 Å². The largest absolute Gasteiger partial charge is 0.487 e. The number of carbonyl (C=O) groups is 1. The summed E-state index contributed by atoms with van der Waals surface area (Å²) in [5.74, 6) is 0.426. The lowest BCUT2D eigenvalue weighted by atomic mass is 10.1. The molecular formula is C19H23N3O3. The molecule has 0 aliphatic carbocycles. The summed E-state index contributed by atoms with van der Waals surface area (Å²) in [4.78, 5) is 18.1. The minimum absolute atomic E-state index is 0.199. The Labute approximate surface area is 147 Å². The number of ether oxygens (including phenoxy) is 2. The summed E-state index contributed by atoms with van der Waals surface area (Å²) in [6.45, 7) is 4.21. The maximum Gasteiger partial charge on any atom is 0.237 e. The molecular weight excluding hydrogens is 318 g/mol. The molecule has 6 heteroatoms. The normalized spacial score (nSPS) is 21.0. The van der Waals surface area contributed by atoms with Crippen LogP contribution >= 0.6 is 0 Å². The number of rotatable bonds is 6. The van der Waals surface area contributed by atoms with Crippen LogP contribution in [0.15, 0.2) is 48.7 Å². The molecule has 1 saturated heterocycles. The van der Waals surface area contributed by atoms with Crippen molar-refractivity contribution in [2.75, 3.05) is 13.2 Å². The molecule has 1 fully saturated rings. The number of amides is 1. The molecule has 1 amide bonds. The summed E-state index contributed by atoms with van der Waals surface area (Å²) < 4.78 is 11.4. The van der Waals surface area contributed by atoms with Gasteiger partial charge in [0.25, 0.3) is 0 Å². The van der Waals surface area contributed by atoms with Crippen molar-refractivity contribution < 1.29 is 14.3 Å². The topological polar surface area (TPSA) is 77.7 Å². The smallest absolute Gasteiger partial charge is 0.237 e. The van der Waals surface area contributed by atoms with Crippen molar-refractivity contribution in [1.29, 1.82) is 0 Å². The highest BCUT2D eigenvalue weighted by molar-refractivity contribution is 5.80. The van der Waals surface area contributed by atoms with Crippen LogP contribution in [0.1, 0.15) is 18.2 Å². The van der Waals surface area contributed by atoms with Gasteiger partial charge < -0.3 is 15.2 Å². The summed E-state index contributed by atoms with van der Waals surface area (Å²) in [6, 6.07) is 13.2. The van der Waals surface area contributed by atoms with Gasteiger partial charge in [0.15, 0.2) is 0 Å². The molecule has 132 valence electrons. The summed E-state index contributed by atoms with van der Waals surface area (Å²) in [7, 11) is 0. The van der Waals surface area contributed by atoms with Gasteiger partial charge >= 0.3 is 0 Å². The highest BCUT2D eigenvalue weighted by Gasteiger charge is 2.33. The monoisotopic (exact) mass is 341 g/mol. The van der Waals surface area contributed by atoms with E-state index in [1.54, 1.807) is 6.20 Å². The first-order valence-corrected chi connectivity index (χ1v) is 8.40. The Balaban J connectivity index is 1.65. The first-order chi connectivity index (χ1) is 12.1. The first-order valence-electron chi connectivity index (χ1n) is 8.40. The van der Waals surface area contributed by atoms with Crippen molar-refractivity contribution in [3.8, 4) is 5.75 Å². The van der Waals surface area contributed by atoms with Crippen LogP contribution in [0.4, 0.5) is 0 Å². The number of aromatic nitrogens is 1. The zero-order valence-electron chi connectivity index (χ0n) is 14.3. The van der Waals surface area contributed by atoms with E-state index in [0.717, 1.165) is 17.0 Å². The Kier molecular flexibility index (Phi) is 5.63. The molecule has 1 aromatic heterocycles. The number of nitrogens with two attached hydrogens (primary N) is 1. The van der Waals surface area contributed by atoms with Crippen LogP contribution in [0.25, 0.3) is 0 Å². The lowest BCUT2D eigenvalue weighted by molar-refractivity contribution is -0.136. The van der Waals surface area contributed by atoms with Crippen molar-refractivity contribution in [2.45, 2.75) is 32.2 Å². The number of pyridine rings is 1. The van der Waals surface area contributed by atoms with Crippen LogP contribution in [0.5, 0.6) is 5.75 Å². The molecule has 0 saturated carbocycles. The van der Waals surface area contributed by atoms with E-state index in [1.165, 1.54) is 0 Å². The number of primary amides is 1. The van der Waals surface area contributed by atoms with Gasteiger partial charge in [-0.2, -0.15) is 0 Å². The van der Waals surface area contributed by atoms with Gasteiger partial charge in [0.2, 0.25) is 5.91 Å². The van der Waals surface area contributed by atoms with Crippen LogP contribution in [0.2, 0.25) is 0 Å². The molecule has 2 heterocycles. The van der Waals surface area contributed by atoms with Gasteiger partial charge in [-0.1, -0.05) is 18.2 Å². The molecule has 6 nitrogen and oxygen atoms in total. The molecule has 1 aliphatic rings. The van der Waals surface area contributed by atoms with Gasteiger partial charge in [0.1, 0.15) is 18.4 Å². The van der Waals surface area contributed by atoms with Gasteiger partial charge in [-0.15, -0.1) is 0 Å². The molecule has 0 unspecified atom stereocenters. The van der Waals surface area contributed by atoms with Gasteiger partial charge in [-0.3, -0.25) is 14.7 Å². The molecule has 0 bridgehead atoms. The molecule has 2 aromatic rings. The zero-order valence-corrected chi connectivity index (χ0v) is 14.3. The third-order valence-corrected chi connectivity index (χ3v) is 4.29. The van der Waals surface area contributed by atoms with Crippen molar-refractivity contribution in [3.63, 3.8) is 0 Å².